The van der Waals surface area contributed by atoms with E-state index >= 15 is 0 Å². The first-order valence-electron chi connectivity index (χ1n) is 45.9. The van der Waals surface area contributed by atoms with E-state index in [1.807, 2.05) is 177 Å². The number of methoxy groups -OCH3 is 3. The molecular formula is C101H154B8O19. The fourth-order valence-electron chi connectivity index (χ4n) is 13.9. The van der Waals surface area contributed by atoms with Crippen molar-refractivity contribution < 1.29 is 88.7 Å². The largest absolute Gasteiger partial charge is 0.498 e. The number of rotatable bonds is 14. The van der Waals surface area contributed by atoms with Gasteiger partial charge in [0.05, 0.1) is 111 Å². The molecule has 8 heterocycles. The minimum absolute atomic E-state index is 0.00606. The van der Waals surface area contributed by atoms with Gasteiger partial charge in [-0.05, 0) is 312 Å². The van der Waals surface area contributed by atoms with Crippen LogP contribution in [0.4, 0.5) is 0 Å². The van der Waals surface area contributed by atoms with Crippen LogP contribution in [0.2, 0.25) is 6.32 Å². The Labute approximate surface area is 775 Å². The van der Waals surface area contributed by atoms with Gasteiger partial charge in [-0.2, -0.15) is 0 Å². The maximum absolute atomic E-state index is 6.01. The Balaban J connectivity index is 0.000000181. The molecule has 7 aromatic rings. The van der Waals surface area contributed by atoms with Crippen molar-refractivity contribution in [2.75, 3.05) is 21.3 Å². The van der Waals surface area contributed by atoms with Gasteiger partial charge in [-0.25, -0.2) is 0 Å². The van der Waals surface area contributed by atoms with E-state index in [0.29, 0.717) is 0 Å². The molecule has 19 nitrogen and oxygen atoms in total. The molecule has 15 rings (SSSR count). The second kappa shape index (κ2) is 41.3. The van der Waals surface area contributed by atoms with Crippen LogP contribution in [0.15, 0.2) is 176 Å². The molecular weight excluding hydrogens is 1600 g/mol. The van der Waals surface area contributed by atoms with Crippen LogP contribution in [0.5, 0.6) is 17.2 Å². The van der Waals surface area contributed by atoms with E-state index in [4.69, 9.17) is 88.7 Å². The predicted octanol–water partition coefficient (Wildman–Crippen LogP) is 18.1. The van der Waals surface area contributed by atoms with Gasteiger partial charge >= 0.3 is 56.9 Å². The Morgan fingerprint density at radius 1 is 0.227 bits per heavy atom. The van der Waals surface area contributed by atoms with Crippen molar-refractivity contribution in [2.24, 2.45) is 0 Å². The molecule has 128 heavy (non-hydrogen) atoms. The maximum Gasteiger partial charge on any atom is 0.498 e. The van der Waals surface area contributed by atoms with E-state index in [1.165, 1.54) is 36.0 Å². The molecule has 7 aromatic carbocycles. The van der Waals surface area contributed by atoms with Crippen molar-refractivity contribution in [2.45, 2.75) is 364 Å². The average Bonchev–Trinajstić information content (AvgIpc) is 1.61. The molecule has 0 aliphatic carbocycles. The summed E-state index contributed by atoms with van der Waals surface area (Å²) >= 11 is 0. The highest BCUT2D eigenvalue weighted by Crippen LogP contribution is 2.44. The summed E-state index contributed by atoms with van der Waals surface area (Å²) in [5.74, 6) is 2.45. The zero-order valence-corrected chi connectivity index (χ0v) is 85.4. The Hall–Kier alpha value is -6.18. The van der Waals surface area contributed by atoms with Crippen LogP contribution in [-0.2, 0) is 74.5 Å². The van der Waals surface area contributed by atoms with Crippen molar-refractivity contribution in [3.8, 4) is 17.2 Å². The SMILES string of the molecule is CC1(C)OB(c2ccccc2)OC1(C)C.CCCCCB1OC(C)(C)C(C)(C)O1.COc1ccc(B2OC(C)(C)C(C)(C)O2)cc1.COc1cccc(B2OC(C)(C)C(C)(C)O2)c1.COc1ccccc1B1OC(C)(C)C(C)(C)O1.Cc1ccc(B2OC(C)(C)C(C)(C)O2)cc1.Cc1cccc(B2OC(C)(C)C(C)(C)O2)c1.Cc1ccccc1B1OC(C)(C)C(C)(C)O1. The van der Waals surface area contributed by atoms with Crippen molar-refractivity contribution in [3.63, 3.8) is 0 Å². The van der Waals surface area contributed by atoms with Gasteiger partial charge in [0.1, 0.15) is 17.2 Å². The summed E-state index contributed by atoms with van der Waals surface area (Å²) in [7, 11) is 3.01. The zero-order valence-electron chi connectivity index (χ0n) is 85.4. The maximum atomic E-state index is 6.01. The first-order chi connectivity index (χ1) is 58.9. The first kappa shape index (κ1) is 107. The minimum Gasteiger partial charge on any atom is -0.497 e. The number of para-hydroxylation sites is 1. The Morgan fingerprint density at radius 3 is 0.852 bits per heavy atom. The normalized spacial score (nSPS) is 22.4. The summed E-state index contributed by atoms with van der Waals surface area (Å²) in [6.45, 7) is 74.6. The molecule has 0 radical (unpaired) electrons. The highest BCUT2D eigenvalue weighted by atomic mass is 16.7. The lowest BCUT2D eigenvalue weighted by atomic mass is 9.76. The lowest BCUT2D eigenvalue weighted by molar-refractivity contribution is 0.00578. The lowest BCUT2D eigenvalue weighted by Gasteiger charge is -2.32. The lowest BCUT2D eigenvalue weighted by Crippen LogP contribution is -2.41. The number of benzene rings is 7. The minimum atomic E-state index is -0.365. The van der Waals surface area contributed by atoms with E-state index in [0.717, 1.165) is 61.8 Å². The van der Waals surface area contributed by atoms with Crippen LogP contribution in [0.3, 0.4) is 0 Å². The summed E-state index contributed by atoms with van der Waals surface area (Å²) in [5.41, 5.74) is 6.77. The average molecular weight is 1760 g/mol. The Kier molecular flexibility index (Phi) is 34.6. The Morgan fingerprint density at radius 2 is 0.508 bits per heavy atom. The summed E-state index contributed by atoms with van der Waals surface area (Å²) in [5, 5.41) is 0. The van der Waals surface area contributed by atoms with Gasteiger partial charge in [0, 0.05) is 5.46 Å². The van der Waals surface area contributed by atoms with Crippen molar-refractivity contribution >= 4 is 95.2 Å². The fraction of sp³-hybridized carbons (Fsp3) is 0.584. The van der Waals surface area contributed by atoms with E-state index in [-0.39, 0.29) is 147 Å². The molecule has 0 saturated carbocycles. The van der Waals surface area contributed by atoms with Gasteiger partial charge in [-0.3, -0.25) is 0 Å². The van der Waals surface area contributed by atoms with Crippen molar-refractivity contribution in [1.29, 1.82) is 0 Å². The molecule has 8 saturated heterocycles. The van der Waals surface area contributed by atoms with E-state index in [1.54, 1.807) is 21.3 Å². The molecule has 0 unspecified atom stereocenters. The summed E-state index contributed by atoms with van der Waals surface area (Å²) in [4.78, 5) is 0. The van der Waals surface area contributed by atoms with Crippen LogP contribution in [0.1, 0.15) is 264 Å². The summed E-state index contributed by atoms with van der Waals surface area (Å²) in [6.07, 6.45) is 4.75. The zero-order chi connectivity index (χ0) is 95.9. The van der Waals surface area contributed by atoms with Crippen LogP contribution >= 0.6 is 0 Å². The molecule has 0 amide bonds. The van der Waals surface area contributed by atoms with E-state index in [2.05, 4.69) is 248 Å². The monoisotopic (exact) mass is 1760 g/mol. The molecule has 8 aliphatic rings. The highest BCUT2D eigenvalue weighted by Gasteiger charge is 2.59. The smallest absolute Gasteiger partial charge is 0.497 e. The van der Waals surface area contributed by atoms with Crippen LogP contribution in [-0.4, -0.2) is 168 Å². The van der Waals surface area contributed by atoms with Gasteiger partial charge in [0.15, 0.2) is 0 Å². The molecule has 0 aromatic heterocycles. The fourth-order valence-corrected chi connectivity index (χ4v) is 13.9. The topological polar surface area (TPSA) is 175 Å². The quantitative estimate of drug-likeness (QED) is 0.0742. The standard InChI is InChI=1S/3C13H19BO3.3C13H19BO2.C12H17BO2.C11H23BO2/c1-12(2)13(3,4)17-14(16-12)10-6-8-11(15-5)9-7-10;1-12(2)13(3,4)17-14(16-12)10-7-6-8-11(9-10)15-5;1-12(2)13(3,4)17-14(16-12)10-8-6-7-9-11(10)15-5;1-10-6-8-11(9-7-10)14-15-12(2,3)13(4,5)16-14;1-10-7-6-8-11(9-10)14-15-12(2,3)13(4,5)16-14;1-10-8-6-7-9-11(10)14-15-12(2,3)13(4,5)16-14;1-11(2)12(3,4)15-13(14-11)10-8-6-5-7-9-10;1-6-7-8-9-12-13-10(2,3)11(4,5)14-12/h3*6-9H,1-5H3;3*6-9H,1-5H3;5-9H,1-4H3;6-9H2,1-5H3. The second-order valence-corrected chi connectivity index (χ2v) is 42.7. The molecule has 0 atom stereocenters. The van der Waals surface area contributed by atoms with Crippen LogP contribution < -0.4 is 52.5 Å². The second-order valence-electron chi connectivity index (χ2n) is 42.7. The molecule has 27 heteroatoms. The Bertz CT molecular complexity index is 4550. The molecule has 8 aliphatic heterocycles. The van der Waals surface area contributed by atoms with E-state index in [9.17, 15) is 0 Å². The predicted molar refractivity (Wildman–Crippen MR) is 529 cm³/mol. The molecule has 0 N–H and O–H groups in total. The molecule has 0 spiro atoms. The molecule has 8 fully saturated rings. The first-order valence-corrected chi connectivity index (χ1v) is 45.9. The number of hydrogen-bond acceptors (Lipinski definition) is 19. The van der Waals surface area contributed by atoms with Gasteiger partial charge in [0.25, 0.3) is 0 Å². The van der Waals surface area contributed by atoms with Crippen molar-refractivity contribution in [3.05, 3.63) is 193 Å². The highest BCUT2D eigenvalue weighted by molar-refractivity contribution is 6.65. The third-order valence-corrected chi connectivity index (χ3v) is 28.4. The van der Waals surface area contributed by atoms with Crippen LogP contribution in [0.25, 0.3) is 0 Å². The number of hydrogen-bond donors (Lipinski definition) is 0. The van der Waals surface area contributed by atoms with Crippen LogP contribution in [0, 0.1) is 20.8 Å². The molecule has 696 valence electrons. The number of unbranched alkanes of at least 4 members (excludes halogenated alkanes) is 2. The number of ether oxygens (including phenoxy) is 3. The van der Waals surface area contributed by atoms with E-state index < -0.39 is 0 Å². The van der Waals surface area contributed by atoms with Gasteiger partial charge < -0.3 is 88.7 Å². The third kappa shape index (κ3) is 26.1. The number of aryl methyl sites for hydroxylation is 3. The summed E-state index contributed by atoms with van der Waals surface area (Å²) in [6, 6.07) is 58.2. The molecule has 0 bridgehead atoms. The summed E-state index contributed by atoms with van der Waals surface area (Å²) < 4.78 is 111. The van der Waals surface area contributed by atoms with Gasteiger partial charge in [0.2, 0.25) is 0 Å². The van der Waals surface area contributed by atoms with Gasteiger partial charge in [-0.1, -0.05) is 188 Å². The van der Waals surface area contributed by atoms with Crippen molar-refractivity contribution in [1.82, 2.24) is 0 Å². The van der Waals surface area contributed by atoms with Gasteiger partial charge in [-0.15, -0.1) is 0 Å². The third-order valence-electron chi connectivity index (χ3n) is 28.4.